The monoisotopic (exact) mass is 358 g/mol. The fourth-order valence-electron chi connectivity index (χ4n) is 3.72. The van der Waals surface area contributed by atoms with Crippen molar-refractivity contribution in [2.75, 3.05) is 13.1 Å². The molecular weight excluding hydrogens is 331 g/mol. The highest BCUT2D eigenvalue weighted by molar-refractivity contribution is 6.30. The van der Waals surface area contributed by atoms with E-state index in [4.69, 9.17) is 17.3 Å². The number of carbonyl (C=O) groups is 1. The predicted octanol–water partition coefficient (Wildman–Crippen LogP) is 4.02. The zero-order chi connectivity index (χ0) is 16.3. The van der Waals surface area contributed by atoms with Gasteiger partial charge in [-0.05, 0) is 56.3 Å². The average molecular weight is 359 g/mol. The van der Waals surface area contributed by atoms with Crippen molar-refractivity contribution in [3.05, 3.63) is 34.9 Å². The van der Waals surface area contributed by atoms with Gasteiger partial charge in [0.25, 0.3) is 0 Å². The van der Waals surface area contributed by atoms with Crippen molar-refractivity contribution in [1.82, 2.24) is 4.90 Å². The first-order chi connectivity index (χ1) is 10.5. The van der Waals surface area contributed by atoms with Crippen LogP contribution in [-0.2, 0) is 10.2 Å². The van der Waals surface area contributed by atoms with E-state index in [-0.39, 0.29) is 24.4 Å². The molecule has 0 aromatic heterocycles. The molecule has 2 unspecified atom stereocenters. The molecule has 2 atom stereocenters. The van der Waals surface area contributed by atoms with Crippen LogP contribution < -0.4 is 5.73 Å². The van der Waals surface area contributed by atoms with Gasteiger partial charge in [0.05, 0.1) is 5.41 Å². The molecule has 0 aliphatic carbocycles. The van der Waals surface area contributed by atoms with Gasteiger partial charge in [0, 0.05) is 17.6 Å². The third-order valence-corrected chi connectivity index (χ3v) is 5.52. The minimum absolute atomic E-state index is 0. The molecule has 130 valence electrons. The van der Waals surface area contributed by atoms with E-state index in [0.717, 1.165) is 31.4 Å². The van der Waals surface area contributed by atoms with E-state index in [2.05, 4.69) is 20.8 Å². The van der Waals surface area contributed by atoms with Gasteiger partial charge in [0.2, 0.25) is 5.91 Å². The molecule has 1 aromatic carbocycles. The van der Waals surface area contributed by atoms with Crippen LogP contribution in [0.25, 0.3) is 0 Å². The Morgan fingerprint density at radius 1 is 1.30 bits per heavy atom. The molecule has 1 heterocycles. The number of carbonyl (C=O) groups excluding carboxylic acids is 1. The summed E-state index contributed by atoms with van der Waals surface area (Å²) in [6.45, 7) is 7.76. The lowest BCUT2D eigenvalue weighted by Gasteiger charge is -2.37. The molecule has 2 N–H and O–H groups in total. The quantitative estimate of drug-likeness (QED) is 0.863. The van der Waals surface area contributed by atoms with E-state index in [9.17, 15) is 4.79 Å². The third kappa shape index (κ3) is 3.84. The van der Waals surface area contributed by atoms with E-state index in [0.29, 0.717) is 17.5 Å². The molecule has 3 nitrogen and oxygen atoms in total. The van der Waals surface area contributed by atoms with Gasteiger partial charge in [0.1, 0.15) is 0 Å². The summed E-state index contributed by atoms with van der Waals surface area (Å²) in [5.41, 5.74) is 6.42. The molecule has 1 fully saturated rings. The van der Waals surface area contributed by atoms with Crippen LogP contribution in [0.15, 0.2) is 24.3 Å². The smallest absolute Gasteiger partial charge is 0.233 e. The Balaban J connectivity index is 0.00000264. The Morgan fingerprint density at radius 3 is 2.30 bits per heavy atom. The normalized spacial score (nSPS) is 21.2. The second-order valence-corrected chi connectivity index (χ2v) is 6.88. The van der Waals surface area contributed by atoms with Gasteiger partial charge in [-0.25, -0.2) is 0 Å². The standard InChI is InChI=1S/C18H27ClN2O.ClH/c1-4-18(5-2,15-6-8-16(19)9-7-15)17(22)21-12-14(11-20)10-13(21)3;/h6-9,13-14H,4-5,10-12,20H2,1-3H3;1H. The molecule has 1 aromatic rings. The van der Waals surface area contributed by atoms with E-state index in [1.165, 1.54) is 0 Å². The first-order valence-corrected chi connectivity index (χ1v) is 8.63. The van der Waals surface area contributed by atoms with Crippen LogP contribution in [0.2, 0.25) is 5.02 Å². The van der Waals surface area contributed by atoms with Gasteiger partial charge in [-0.1, -0.05) is 37.6 Å². The van der Waals surface area contributed by atoms with Crippen LogP contribution in [0, 0.1) is 5.92 Å². The van der Waals surface area contributed by atoms with Gasteiger partial charge in [-0.3, -0.25) is 4.79 Å². The number of nitrogens with zero attached hydrogens (tertiary/aromatic N) is 1. The fraction of sp³-hybridized carbons (Fsp3) is 0.611. The van der Waals surface area contributed by atoms with Crippen molar-refractivity contribution in [3.63, 3.8) is 0 Å². The van der Waals surface area contributed by atoms with Gasteiger partial charge in [0.15, 0.2) is 0 Å². The minimum atomic E-state index is -0.456. The zero-order valence-electron chi connectivity index (χ0n) is 14.2. The summed E-state index contributed by atoms with van der Waals surface area (Å²) in [6.07, 6.45) is 2.59. The highest BCUT2D eigenvalue weighted by Gasteiger charge is 2.43. The van der Waals surface area contributed by atoms with Crippen molar-refractivity contribution >= 4 is 29.9 Å². The van der Waals surface area contributed by atoms with Crippen molar-refractivity contribution in [3.8, 4) is 0 Å². The molecule has 0 saturated carbocycles. The largest absolute Gasteiger partial charge is 0.339 e. The maximum Gasteiger partial charge on any atom is 0.233 e. The Kier molecular flexibility index (Phi) is 7.37. The lowest BCUT2D eigenvalue weighted by atomic mass is 9.74. The molecular formula is C18H28Cl2N2O. The number of likely N-dealkylation sites (tertiary alicyclic amines) is 1. The van der Waals surface area contributed by atoms with E-state index < -0.39 is 5.41 Å². The number of nitrogens with two attached hydrogens (primary N) is 1. The number of hydrogen-bond donors (Lipinski definition) is 1. The summed E-state index contributed by atoms with van der Waals surface area (Å²) < 4.78 is 0. The van der Waals surface area contributed by atoms with Crippen LogP contribution in [0.3, 0.4) is 0 Å². The third-order valence-electron chi connectivity index (χ3n) is 5.27. The summed E-state index contributed by atoms with van der Waals surface area (Å²) in [6, 6.07) is 8.01. The number of halogens is 2. The number of rotatable bonds is 5. The van der Waals surface area contributed by atoms with Gasteiger partial charge in [-0.15, -0.1) is 12.4 Å². The molecule has 1 aliphatic rings. The molecule has 1 amide bonds. The molecule has 2 rings (SSSR count). The first kappa shape index (κ1) is 20.3. The lowest BCUT2D eigenvalue weighted by Crippen LogP contribution is -2.48. The molecule has 1 saturated heterocycles. The topological polar surface area (TPSA) is 46.3 Å². The Hall–Kier alpha value is -0.770. The molecule has 5 heteroatoms. The molecule has 1 aliphatic heterocycles. The van der Waals surface area contributed by atoms with E-state index in [1.54, 1.807) is 0 Å². The van der Waals surface area contributed by atoms with Gasteiger partial charge < -0.3 is 10.6 Å². The fourth-order valence-corrected chi connectivity index (χ4v) is 3.85. The minimum Gasteiger partial charge on any atom is -0.339 e. The van der Waals surface area contributed by atoms with Crippen molar-refractivity contribution in [2.24, 2.45) is 11.7 Å². The molecule has 0 bridgehead atoms. The first-order valence-electron chi connectivity index (χ1n) is 8.25. The van der Waals surface area contributed by atoms with Crippen LogP contribution in [0.4, 0.5) is 0 Å². The van der Waals surface area contributed by atoms with E-state index >= 15 is 0 Å². The maximum atomic E-state index is 13.3. The van der Waals surface area contributed by atoms with Gasteiger partial charge >= 0.3 is 0 Å². The second-order valence-electron chi connectivity index (χ2n) is 6.44. The lowest BCUT2D eigenvalue weighted by molar-refractivity contribution is -0.138. The van der Waals surface area contributed by atoms with Crippen LogP contribution in [0.1, 0.15) is 45.6 Å². The van der Waals surface area contributed by atoms with Crippen LogP contribution in [0.5, 0.6) is 0 Å². The summed E-state index contributed by atoms with van der Waals surface area (Å²) in [7, 11) is 0. The van der Waals surface area contributed by atoms with Gasteiger partial charge in [-0.2, -0.15) is 0 Å². The molecule has 23 heavy (non-hydrogen) atoms. The van der Waals surface area contributed by atoms with Crippen molar-refractivity contribution < 1.29 is 4.79 Å². The Morgan fingerprint density at radius 2 is 1.87 bits per heavy atom. The van der Waals surface area contributed by atoms with Crippen LogP contribution >= 0.6 is 24.0 Å². The number of hydrogen-bond acceptors (Lipinski definition) is 2. The maximum absolute atomic E-state index is 13.3. The zero-order valence-corrected chi connectivity index (χ0v) is 15.8. The average Bonchev–Trinajstić information content (AvgIpc) is 2.91. The van der Waals surface area contributed by atoms with E-state index in [1.807, 2.05) is 29.2 Å². The Labute approximate surface area is 151 Å². The van der Waals surface area contributed by atoms with Crippen molar-refractivity contribution in [2.45, 2.75) is 51.5 Å². The summed E-state index contributed by atoms with van der Waals surface area (Å²) >= 11 is 6.01. The SMILES string of the molecule is CCC(CC)(C(=O)N1CC(CN)CC1C)c1ccc(Cl)cc1.Cl. The predicted molar refractivity (Wildman–Crippen MR) is 99.3 cm³/mol. The van der Waals surface area contributed by atoms with Crippen molar-refractivity contribution in [1.29, 1.82) is 0 Å². The molecule has 0 radical (unpaired) electrons. The highest BCUT2D eigenvalue weighted by atomic mass is 35.5. The summed E-state index contributed by atoms with van der Waals surface area (Å²) in [4.78, 5) is 15.4. The molecule has 0 spiro atoms. The number of benzene rings is 1. The summed E-state index contributed by atoms with van der Waals surface area (Å²) in [5, 5.41) is 0.704. The number of amides is 1. The Bertz CT molecular complexity index is 514. The second kappa shape index (κ2) is 8.36. The highest BCUT2D eigenvalue weighted by Crippen LogP contribution is 2.37. The van der Waals surface area contributed by atoms with Crippen LogP contribution in [-0.4, -0.2) is 29.9 Å². The summed E-state index contributed by atoms with van der Waals surface area (Å²) in [5.74, 6) is 0.666.